The maximum atomic E-state index is 5.43. The molecular formula is C14H16O. The van der Waals surface area contributed by atoms with Crippen LogP contribution in [0.2, 0.25) is 0 Å². The van der Waals surface area contributed by atoms with Crippen molar-refractivity contribution in [2.75, 3.05) is 13.2 Å². The third-order valence-corrected chi connectivity index (χ3v) is 2.74. The Morgan fingerprint density at radius 2 is 2.07 bits per heavy atom. The van der Waals surface area contributed by atoms with Crippen molar-refractivity contribution in [1.82, 2.24) is 0 Å². The zero-order valence-corrected chi connectivity index (χ0v) is 8.86. The second kappa shape index (κ2) is 4.94. The second-order valence-corrected chi connectivity index (χ2v) is 3.80. The Balaban J connectivity index is 2.20. The van der Waals surface area contributed by atoms with E-state index in [9.17, 15) is 0 Å². The van der Waals surface area contributed by atoms with Crippen LogP contribution in [0.4, 0.5) is 0 Å². The van der Waals surface area contributed by atoms with Crippen molar-refractivity contribution in [2.45, 2.75) is 6.42 Å². The third-order valence-electron chi connectivity index (χ3n) is 2.74. The molecule has 0 radical (unpaired) electrons. The predicted molar refractivity (Wildman–Crippen MR) is 63.5 cm³/mol. The first kappa shape index (κ1) is 10.2. The molecule has 78 valence electrons. The molecule has 0 aromatic heterocycles. The van der Waals surface area contributed by atoms with E-state index in [4.69, 9.17) is 4.74 Å². The van der Waals surface area contributed by atoms with Crippen LogP contribution in [0.25, 0.3) is 6.08 Å². The van der Waals surface area contributed by atoms with Gasteiger partial charge in [0.1, 0.15) is 0 Å². The summed E-state index contributed by atoms with van der Waals surface area (Å²) in [7, 11) is 0. The monoisotopic (exact) mass is 200 g/mol. The lowest BCUT2D eigenvalue weighted by atomic mass is 9.93. The van der Waals surface area contributed by atoms with Gasteiger partial charge in [0.2, 0.25) is 0 Å². The van der Waals surface area contributed by atoms with E-state index in [1.807, 2.05) is 12.1 Å². The normalized spacial score (nSPS) is 24.0. The molecule has 0 saturated carbocycles. The van der Waals surface area contributed by atoms with Crippen molar-refractivity contribution >= 4 is 6.08 Å². The van der Waals surface area contributed by atoms with Gasteiger partial charge < -0.3 is 4.74 Å². The smallest absolute Gasteiger partial charge is 0.0566 e. The van der Waals surface area contributed by atoms with Gasteiger partial charge in [-0.1, -0.05) is 48.1 Å². The van der Waals surface area contributed by atoms with E-state index in [2.05, 4.69) is 36.9 Å². The summed E-state index contributed by atoms with van der Waals surface area (Å²) >= 11 is 0. The molecule has 1 aromatic rings. The fraction of sp³-hybridized carbons (Fsp3) is 0.286. The molecule has 1 unspecified atom stereocenters. The molecule has 1 fully saturated rings. The Morgan fingerprint density at radius 3 is 2.80 bits per heavy atom. The van der Waals surface area contributed by atoms with Gasteiger partial charge in [0, 0.05) is 5.92 Å². The van der Waals surface area contributed by atoms with Gasteiger partial charge in [0.25, 0.3) is 0 Å². The molecule has 1 aromatic carbocycles. The molecule has 2 rings (SSSR count). The molecule has 1 saturated heterocycles. The molecule has 1 atom stereocenters. The highest BCUT2D eigenvalue weighted by Crippen LogP contribution is 2.24. The summed E-state index contributed by atoms with van der Waals surface area (Å²) in [6.07, 6.45) is 5.26. The van der Waals surface area contributed by atoms with Crippen molar-refractivity contribution in [3.8, 4) is 0 Å². The molecule has 0 bridgehead atoms. The van der Waals surface area contributed by atoms with Crippen LogP contribution in [0.3, 0.4) is 0 Å². The van der Waals surface area contributed by atoms with E-state index >= 15 is 0 Å². The molecule has 0 N–H and O–H groups in total. The highest BCUT2D eigenvalue weighted by Gasteiger charge is 2.15. The van der Waals surface area contributed by atoms with E-state index < -0.39 is 0 Å². The van der Waals surface area contributed by atoms with Crippen molar-refractivity contribution in [3.63, 3.8) is 0 Å². The van der Waals surface area contributed by atoms with Crippen LogP contribution in [0.1, 0.15) is 12.0 Å². The van der Waals surface area contributed by atoms with Gasteiger partial charge in [0.15, 0.2) is 0 Å². The molecule has 1 nitrogen and oxygen atoms in total. The van der Waals surface area contributed by atoms with Gasteiger partial charge in [-0.3, -0.25) is 0 Å². The number of hydrogen-bond donors (Lipinski definition) is 0. The first-order chi connectivity index (χ1) is 7.40. The molecule has 0 amide bonds. The molecule has 1 heteroatoms. The summed E-state index contributed by atoms with van der Waals surface area (Å²) in [5, 5.41) is 0. The van der Waals surface area contributed by atoms with E-state index in [-0.39, 0.29) is 0 Å². The van der Waals surface area contributed by atoms with Gasteiger partial charge in [-0.25, -0.2) is 0 Å². The Morgan fingerprint density at radius 1 is 1.27 bits per heavy atom. The van der Waals surface area contributed by atoms with E-state index in [0.29, 0.717) is 5.92 Å². The highest BCUT2D eigenvalue weighted by molar-refractivity contribution is 5.54. The van der Waals surface area contributed by atoms with Crippen LogP contribution in [0, 0.1) is 5.92 Å². The SMILES string of the molecule is C=CC1COCC/C1=C/c1ccccc1. The maximum absolute atomic E-state index is 5.43. The summed E-state index contributed by atoms with van der Waals surface area (Å²) in [6, 6.07) is 10.4. The second-order valence-electron chi connectivity index (χ2n) is 3.80. The van der Waals surface area contributed by atoms with Crippen LogP contribution < -0.4 is 0 Å². The minimum atomic E-state index is 0.388. The zero-order chi connectivity index (χ0) is 10.5. The fourth-order valence-electron chi connectivity index (χ4n) is 1.85. The Hall–Kier alpha value is -1.34. The fourth-order valence-corrected chi connectivity index (χ4v) is 1.85. The predicted octanol–water partition coefficient (Wildman–Crippen LogP) is 3.29. The van der Waals surface area contributed by atoms with Gasteiger partial charge >= 0.3 is 0 Å². The Bertz CT molecular complexity index is 351. The van der Waals surface area contributed by atoms with Crippen molar-refractivity contribution in [1.29, 1.82) is 0 Å². The Labute approximate surface area is 91.1 Å². The Kier molecular flexibility index (Phi) is 3.36. The summed E-state index contributed by atoms with van der Waals surface area (Å²) < 4.78 is 5.43. The molecule has 15 heavy (non-hydrogen) atoms. The van der Waals surface area contributed by atoms with Crippen LogP contribution >= 0.6 is 0 Å². The van der Waals surface area contributed by atoms with Crippen molar-refractivity contribution < 1.29 is 4.74 Å². The van der Waals surface area contributed by atoms with Crippen LogP contribution in [-0.2, 0) is 4.74 Å². The summed E-state index contributed by atoms with van der Waals surface area (Å²) in [5.74, 6) is 0.388. The lowest BCUT2D eigenvalue weighted by Crippen LogP contribution is -2.17. The summed E-state index contributed by atoms with van der Waals surface area (Å²) in [6.45, 7) is 5.47. The topological polar surface area (TPSA) is 9.23 Å². The molecular weight excluding hydrogens is 184 g/mol. The number of rotatable bonds is 2. The maximum Gasteiger partial charge on any atom is 0.0566 e. The number of hydrogen-bond acceptors (Lipinski definition) is 1. The van der Waals surface area contributed by atoms with Gasteiger partial charge in [-0.05, 0) is 12.0 Å². The summed E-state index contributed by atoms with van der Waals surface area (Å²) in [5.41, 5.74) is 2.70. The first-order valence-corrected chi connectivity index (χ1v) is 5.36. The van der Waals surface area contributed by atoms with Crippen molar-refractivity contribution in [2.24, 2.45) is 5.92 Å². The first-order valence-electron chi connectivity index (χ1n) is 5.36. The highest BCUT2D eigenvalue weighted by atomic mass is 16.5. The van der Waals surface area contributed by atoms with Crippen LogP contribution in [-0.4, -0.2) is 13.2 Å². The van der Waals surface area contributed by atoms with Crippen LogP contribution in [0.15, 0.2) is 48.6 Å². The molecule has 1 aliphatic heterocycles. The lowest BCUT2D eigenvalue weighted by molar-refractivity contribution is 0.0986. The lowest BCUT2D eigenvalue weighted by Gasteiger charge is -2.22. The zero-order valence-electron chi connectivity index (χ0n) is 8.86. The molecule has 1 aliphatic rings. The van der Waals surface area contributed by atoms with E-state index in [1.165, 1.54) is 11.1 Å². The standard InChI is InChI=1S/C14H16O/c1-2-13-11-15-9-8-14(13)10-12-6-4-3-5-7-12/h2-7,10,13H,1,8-9,11H2/b14-10-. The van der Waals surface area contributed by atoms with Gasteiger partial charge in [0.05, 0.1) is 13.2 Å². The minimum absolute atomic E-state index is 0.388. The van der Waals surface area contributed by atoms with Crippen molar-refractivity contribution in [3.05, 3.63) is 54.1 Å². The van der Waals surface area contributed by atoms with E-state index in [1.54, 1.807) is 0 Å². The van der Waals surface area contributed by atoms with Crippen LogP contribution in [0.5, 0.6) is 0 Å². The third kappa shape index (κ3) is 2.57. The number of benzene rings is 1. The van der Waals surface area contributed by atoms with E-state index in [0.717, 1.165) is 19.6 Å². The van der Waals surface area contributed by atoms with Gasteiger partial charge in [-0.15, -0.1) is 6.58 Å². The number of ether oxygens (including phenoxy) is 1. The molecule has 0 spiro atoms. The minimum Gasteiger partial charge on any atom is -0.380 e. The summed E-state index contributed by atoms with van der Waals surface area (Å²) in [4.78, 5) is 0. The average Bonchev–Trinajstić information content (AvgIpc) is 2.31. The molecule has 0 aliphatic carbocycles. The largest absolute Gasteiger partial charge is 0.380 e. The quantitative estimate of drug-likeness (QED) is 0.666. The van der Waals surface area contributed by atoms with Gasteiger partial charge in [-0.2, -0.15) is 0 Å². The average molecular weight is 200 g/mol. The molecule has 1 heterocycles.